The number of hydrogen-bond acceptors (Lipinski definition) is 5. The first-order valence-electron chi connectivity index (χ1n) is 9.13. The number of nitrogens with one attached hydrogen (secondary N) is 1. The van der Waals surface area contributed by atoms with E-state index in [0.29, 0.717) is 22.3 Å². The highest BCUT2D eigenvalue weighted by atomic mass is 32.1. The summed E-state index contributed by atoms with van der Waals surface area (Å²) in [6, 6.07) is 9.74. The lowest BCUT2D eigenvalue weighted by Gasteiger charge is -2.29. The SMILES string of the molecule is CCOC(=O)c1sc(-c2cccc(OC)c2)cc1NC(=S)N1CCCCC1. The van der Waals surface area contributed by atoms with Crippen LogP contribution in [-0.2, 0) is 4.74 Å². The average molecular weight is 405 g/mol. The molecule has 0 amide bonds. The first kappa shape index (κ1) is 19.6. The number of methoxy groups -OCH3 is 1. The van der Waals surface area contributed by atoms with Crippen molar-refractivity contribution in [3.05, 3.63) is 35.2 Å². The van der Waals surface area contributed by atoms with Gasteiger partial charge in [0.1, 0.15) is 10.6 Å². The molecule has 1 aliphatic rings. The third kappa shape index (κ3) is 4.78. The number of carbonyl (C=O) groups excluding carboxylic acids is 1. The molecule has 1 aliphatic heterocycles. The van der Waals surface area contributed by atoms with E-state index in [-0.39, 0.29) is 5.97 Å². The van der Waals surface area contributed by atoms with Gasteiger partial charge in [-0.25, -0.2) is 4.79 Å². The molecule has 0 atom stereocenters. The van der Waals surface area contributed by atoms with Crippen molar-refractivity contribution in [2.45, 2.75) is 26.2 Å². The molecule has 1 fully saturated rings. The van der Waals surface area contributed by atoms with E-state index in [9.17, 15) is 4.79 Å². The van der Waals surface area contributed by atoms with Crippen LogP contribution < -0.4 is 10.1 Å². The van der Waals surface area contributed by atoms with Gasteiger partial charge in [0.25, 0.3) is 0 Å². The molecule has 2 heterocycles. The first-order chi connectivity index (χ1) is 13.1. The van der Waals surface area contributed by atoms with Crippen molar-refractivity contribution in [3.63, 3.8) is 0 Å². The fourth-order valence-electron chi connectivity index (χ4n) is 3.04. The molecule has 0 aliphatic carbocycles. The number of likely N-dealkylation sites (tertiary alicyclic amines) is 1. The summed E-state index contributed by atoms with van der Waals surface area (Å²) in [6.45, 7) is 4.04. The number of anilines is 1. The maximum Gasteiger partial charge on any atom is 0.350 e. The Morgan fingerprint density at radius 1 is 1.26 bits per heavy atom. The van der Waals surface area contributed by atoms with Gasteiger partial charge in [-0.3, -0.25) is 0 Å². The highest BCUT2D eigenvalue weighted by Crippen LogP contribution is 2.36. The Morgan fingerprint density at radius 2 is 2.04 bits per heavy atom. The van der Waals surface area contributed by atoms with E-state index in [2.05, 4.69) is 10.2 Å². The van der Waals surface area contributed by atoms with Gasteiger partial charge in [-0.15, -0.1) is 11.3 Å². The van der Waals surface area contributed by atoms with Gasteiger partial charge in [-0.2, -0.15) is 0 Å². The molecule has 1 aromatic heterocycles. The summed E-state index contributed by atoms with van der Waals surface area (Å²) < 4.78 is 10.6. The summed E-state index contributed by atoms with van der Waals surface area (Å²) in [6.07, 6.45) is 3.53. The van der Waals surface area contributed by atoms with Crippen LogP contribution in [0.2, 0.25) is 0 Å². The van der Waals surface area contributed by atoms with E-state index in [0.717, 1.165) is 42.1 Å². The van der Waals surface area contributed by atoms with E-state index >= 15 is 0 Å². The molecule has 1 saturated heterocycles. The monoisotopic (exact) mass is 404 g/mol. The fourth-order valence-corrected chi connectivity index (χ4v) is 4.34. The summed E-state index contributed by atoms with van der Waals surface area (Å²) in [5, 5.41) is 3.94. The predicted molar refractivity (Wildman–Crippen MR) is 114 cm³/mol. The van der Waals surface area contributed by atoms with Gasteiger partial charge in [-0.05, 0) is 62.2 Å². The Morgan fingerprint density at radius 3 is 2.74 bits per heavy atom. The Balaban J connectivity index is 1.89. The first-order valence-corrected chi connectivity index (χ1v) is 10.4. The van der Waals surface area contributed by atoms with Crippen molar-refractivity contribution in [2.75, 3.05) is 32.1 Å². The number of carbonyl (C=O) groups is 1. The van der Waals surface area contributed by atoms with Crippen molar-refractivity contribution < 1.29 is 14.3 Å². The fraction of sp³-hybridized carbons (Fsp3) is 0.400. The average Bonchev–Trinajstić information content (AvgIpc) is 3.13. The molecule has 0 radical (unpaired) electrons. The molecule has 0 unspecified atom stereocenters. The lowest BCUT2D eigenvalue weighted by molar-refractivity contribution is 0.0533. The van der Waals surface area contributed by atoms with Crippen LogP contribution in [0, 0.1) is 0 Å². The maximum absolute atomic E-state index is 12.5. The zero-order valence-electron chi connectivity index (χ0n) is 15.6. The zero-order chi connectivity index (χ0) is 19.2. The second-order valence-electron chi connectivity index (χ2n) is 6.28. The van der Waals surface area contributed by atoms with Gasteiger partial charge >= 0.3 is 5.97 Å². The van der Waals surface area contributed by atoms with Crippen molar-refractivity contribution in [2.24, 2.45) is 0 Å². The molecule has 0 saturated carbocycles. The van der Waals surface area contributed by atoms with Crippen molar-refractivity contribution >= 4 is 40.3 Å². The Hall–Kier alpha value is -2.12. The number of hydrogen-bond donors (Lipinski definition) is 1. The second-order valence-corrected chi connectivity index (χ2v) is 7.72. The van der Waals surface area contributed by atoms with Crippen LogP contribution in [0.1, 0.15) is 35.9 Å². The number of nitrogens with zero attached hydrogens (tertiary/aromatic N) is 1. The van der Waals surface area contributed by atoms with Crippen molar-refractivity contribution in [1.82, 2.24) is 4.90 Å². The lowest BCUT2D eigenvalue weighted by atomic mass is 10.1. The van der Waals surface area contributed by atoms with Crippen LogP contribution in [0.15, 0.2) is 30.3 Å². The van der Waals surface area contributed by atoms with Crippen LogP contribution in [0.4, 0.5) is 5.69 Å². The number of esters is 1. The largest absolute Gasteiger partial charge is 0.497 e. The van der Waals surface area contributed by atoms with Crippen LogP contribution >= 0.6 is 23.6 Å². The maximum atomic E-state index is 12.5. The van der Waals surface area contributed by atoms with E-state index < -0.39 is 0 Å². The highest BCUT2D eigenvalue weighted by Gasteiger charge is 2.21. The van der Waals surface area contributed by atoms with E-state index in [4.69, 9.17) is 21.7 Å². The smallest absolute Gasteiger partial charge is 0.350 e. The third-order valence-corrected chi connectivity index (χ3v) is 5.96. The standard InChI is InChI=1S/C20H24N2O3S2/c1-3-25-19(23)18-16(21-20(26)22-10-5-4-6-11-22)13-17(27-18)14-8-7-9-15(12-14)24-2/h7-9,12-13H,3-6,10-11H2,1-2H3,(H,21,26). The number of thiocarbonyl (C=S) groups is 1. The number of piperidine rings is 1. The van der Waals surface area contributed by atoms with Crippen LogP contribution in [0.3, 0.4) is 0 Å². The van der Waals surface area contributed by atoms with Gasteiger partial charge < -0.3 is 19.7 Å². The Bertz CT molecular complexity index is 813. The minimum absolute atomic E-state index is 0.333. The van der Waals surface area contributed by atoms with Gasteiger partial charge in [-0.1, -0.05) is 12.1 Å². The summed E-state index contributed by atoms with van der Waals surface area (Å²) >= 11 is 6.98. The summed E-state index contributed by atoms with van der Waals surface area (Å²) in [4.78, 5) is 16.1. The van der Waals surface area contributed by atoms with Crippen LogP contribution in [0.25, 0.3) is 10.4 Å². The molecule has 1 N–H and O–H groups in total. The molecular weight excluding hydrogens is 380 g/mol. The topological polar surface area (TPSA) is 50.8 Å². The minimum Gasteiger partial charge on any atom is -0.497 e. The second kappa shape index (κ2) is 9.19. The highest BCUT2D eigenvalue weighted by molar-refractivity contribution is 7.80. The lowest BCUT2D eigenvalue weighted by Crippen LogP contribution is -2.38. The van der Waals surface area contributed by atoms with Crippen LogP contribution in [0.5, 0.6) is 5.75 Å². The van der Waals surface area contributed by atoms with Gasteiger partial charge in [0.15, 0.2) is 5.11 Å². The summed E-state index contributed by atoms with van der Waals surface area (Å²) in [7, 11) is 1.64. The Kier molecular flexibility index (Phi) is 6.68. The number of ether oxygens (including phenoxy) is 2. The molecule has 144 valence electrons. The number of rotatable bonds is 5. The normalized spacial score (nSPS) is 13.9. The Labute approximate surface area is 169 Å². The molecule has 0 bridgehead atoms. The number of thiophene rings is 1. The molecule has 27 heavy (non-hydrogen) atoms. The summed E-state index contributed by atoms with van der Waals surface area (Å²) in [5.41, 5.74) is 1.69. The third-order valence-electron chi connectivity index (χ3n) is 4.43. The zero-order valence-corrected chi connectivity index (χ0v) is 17.3. The molecule has 1 aromatic carbocycles. The van der Waals surface area contributed by atoms with E-state index in [1.54, 1.807) is 14.0 Å². The molecule has 7 heteroatoms. The molecule has 2 aromatic rings. The van der Waals surface area contributed by atoms with Crippen molar-refractivity contribution in [1.29, 1.82) is 0 Å². The molecule has 5 nitrogen and oxygen atoms in total. The van der Waals surface area contributed by atoms with E-state index in [1.807, 2.05) is 30.3 Å². The van der Waals surface area contributed by atoms with Gasteiger partial charge in [0.05, 0.1) is 19.4 Å². The quantitative estimate of drug-likeness (QED) is 0.572. The predicted octanol–water partition coefficient (Wildman–Crippen LogP) is 4.78. The summed E-state index contributed by atoms with van der Waals surface area (Å²) in [5.74, 6) is 0.442. The number of benzene rings is 1. The van der Waals surface area contributed by atoms with Crippen molar-refractivity contribution in [3.8, 4) is 16.2 Å². The van der Waals surface area contributed by atoms with E-state index in [1.165, 1.54) is 17.8 Å². The molecule has 3 rings (SSSR count). The molecular formula is C20H24N2O3S2. The van der Waals surface area contributed by atoms with Gasteiger partial charge in [0.2, 0.25) is 0 Å². The van der Waals surface area contributed by atoms with Crippen LogP contribution in [-0.4, -0.2) is 42.8 Å². The minimum atomic E-state index is -0.333. The van der Waals surface area contributed by atoms with Gasteiger partial charge in [0, 0.05) is 18.0 Å². The molecule has 0 spiro atoms.